The minimum absolute atomic E-state index is 0.00429. The first-order valence-electron chi connectivity index (χ1n) is 9.32. The quantitative estimate of drug-likeness (QED) is 0.903. The van der Waals surface area contributed by atoms with Crippen molar-refractivity contribution in [2.75, 3.05) is 44.8 Å². The zero-order valence-corrected chi connectivity index (χ0v) is 14.6. The lowest BCUT2D eigenvalue weighted by Crippen LogP contribution is -2.36. The van der Waals surface area contributed by atoms with E-state index in [0.29, 0.717) is 12.3 Å². The molecule has 2 atom stereocenters. The lowest BCUT2D eigenvalue weighted by atomic mass is 9.97. The van der Waals surface area contributed by atoms with Gasteiger partial charge < -0.3 is 19.7 Å². The van der Waals surface area contributed by atoms with E-state index in [4.69, 9.17) is 14.7 Å². The molecule has 1 spiro atoms. The molecule has 1 N–H and O–H groups in total. The summed E-state index contributed by atoms with van der Waals surface area (Å²) >= 11 is 0. The summed E-state index contributed by atoms with van der Waals surface area (Å²) in [6, 6.07) is 7.86. The highest BCUT2D eigenvalue weighted by molar-refractivity contribution is 5.39. The van der Waals surface area contributed by atoms with Crippen LogP contribution in [-0.4, -0.2) is 61.0 Å². The number of hydrogen-bond acceptors (Lipinski definition) is 6. The van der Waals surface area contributed by atoms with E-state index in [1.807, 2.05) is 12.1 Å². The monoisotopic (exact) mass is 342 g/mol. The molecule has 25 heavy (non-hydrogen) atoms. The third kappa shape index (κ3) is 3.95. The van der Waals surface area contributed by atoms with Crippen molar-refractivity contribution < 1.29 is 9.47 Å². The normalized spacial score (nSPS) is 30.6. The van der Waals surface area contributed by atoms with E-state index >= 15 is 0 Å². The summed E-state index contributed by atoms with van der Waals surface area (Å²) in [6.45, 7) is 5.89. The van der Waals surface area contributed by atoms with Crippen molar-refractivity contribution in [1.82, 2.24) is 9.88 Å². The van der Waals surface area contributed by atoms with Crippen LogP contribution in [0.3, 0.4) is 0 Å². The number of nitrogens with zero attached hydrogens (tertiary/aromatic N) is 3. The van der Waals surface area contributed by atoms with Crippen LogP contribution < -0.4 is 5.32 Å². The summed E-state index contributed by atoms with van der Waals surface area (Å²) in [4.78, 5) is 6.89. The molecule has 0 saturated carbocycles. The lowest BCUT2D eigenvalue weighted by Gasteiger charge is -2.28. The van der Waals surface area contributed by atoms with Crippen molar-refractivity contribution in [2.24, 2.45) is 5.92 Å². The molecule has 134 valence electrons. The molecule has 6 nitrogen and oxygen atoms in total. The Kier molecular flexibility index (Phi) is 4.89. The average molecular weight is 342 g/mol. The van der Waals surface area contributed by atoms with Crippen molar-refractivity contribution in [2.45, 2.75) is 37.3 Å². The number of likely N-dealkylation sites (tertiary alicyclic amines) is 1. The maximum Gasteiger partial charge on any atom is 0.142 e. The van der Waals surface area contributed by atoms with Crippen LogP contribution in [0.5, 0.6) is 0 Å². The molecule has 3 aliphatic rings. The molecule has 2 unspecified atom stereocenters. The molecule has 6 heteroatoms. The first-order valence-corrected chi connectivity index (χ1v) is 9.32. The van der Waals surface area contributed by atoms with Crippen molar-refractivity contribution in [3.8, 4) is 6.07 Å². The SMILES string of the molecule is N#Cc1cccc(NC2COC3(CCN(CC4CCOCC4)C3)C2)n1. The van der Waals surface area contributed by atoms with Crippen molar-refractivity contribution >= 4 is 5.82 Å². The van der Waals surface area contributed by atoms with Gasteiger partial charge in [0.2, 0.25) is 0 Å². The Balaban J connectivity index is 1.30. The van der Waals surface area contributed by atoms with Crippen LogP contribution in [0.25, 0.3) is 0 Å². The molecule has 0 bridgehead atoms. The molecule has 1 aromatic rings. The molecule has 0 amide bonds. The number of ether oxygens (including phenoxy) is 2. The second-order valence-corrected chi connectivity index (χ2v) is 7.60. The van der Waals surface area contributed by atoms with Crippen LogP contribution in [0.15, 0.2) is 18.2 Å². The van der Waals surface area contributed by atoms with Gasteiger partial charge in [-0.1, -0.05) is 6.07 Å². The molecule has 0 aromatic carbocycles. The van der Waals surface area contributed by atoms with E-state index in [9.17, 15) is 0 Å². The number of nitriles is 1. The second kappa shape index (κ2) is 7.28. The van der Waals surface area contributed by atoms with Crippen LogP contribution in [0.2, 0.25) is 0 Å². The van der Waals surface area contributed by atoms with Crippen molar-refractivity contribution in [1.29, 1.82) is 5.26 Å². The number of aromatic nitrogens is 1. The molecule has 3 aliphatic heterocycles. The Bertz CT molecular complexity index is 641. The highest BCUT2D eigenvalue weighted by atomic mass is 16.5. The van der Waals surface area contributed by atoms with E-state index in [1.54, 1.807) is 6.07 Å². The highest BCUT2D eigenvalue weighted by Crippen LogP contribution is 2.36. The topological polar surface area (TPSA) is 70.4 Å². The fraction of sp³-hybridized carbons (Fsp3) is 0.684. The maximum absolute atomic E-state index is 8.98. The predicted molar refractivity (Wildman–Crippen MR) is 94.3 cm³/mol. The molecule has 0 aliphatic carbocycles. The van der Waals surface area contributed by atoms with Gasteiger partial charge in [0, 0.05) is 39.3 Å². The summed E-state index contributed by atoms with van der Waals surface area (Å²) in [7, 11) is 0. The number of hydrogen-bond donors (Lipinski definition) is 1. The van der Waals surface area contributed by atoms with Gasteiger partial charge in [-0.15, -0.1) is 0 Å². The maximum atomic E-state index is 8.98. The standard InChI is InChI=1S/C19H26N4O2/c20-11-16-2-1-3-18(21-16)22-17-10-19(25-13-17)6-7-23(14-19)12-15-4-8-24-9-5-15/h1-3,15,17H,4-10,12-14H2,(H,21,22). The first-order chi connectivity index (χ1) is 12.2. The Hall–Kier alpha value is -1.68. The molecule has 0 radical (unpaired) electrons. The molecule has 4 heterocycles. The van der Waals surface area contributed by atoms with E-state index in [1.165, 1.54) is 19.4 Å². The van der Waals surface area contributed by atoms with Gasteiger partial charge in [-0.25, -0.2) is 4.98 Å². The molecule has 3 fully saturated rings. The fourth-order valence-corrected chi connectivity index (χ4v) is 4.39. The smallest absolute Gasteiger partial charge is 0.142 e. The number of pyridine rings is 1. The summed E-state index contributed by atoms with van der Waals surface area (Å²) in [5.74, 6) is 1.54. The van der Waals surface area contributed by atoms with Crippen LogP contribution in [0.1, 0.15) is 31.4 Å². The molecule has 3 saturated heterocycles. The van der Waals surface area contributed by atoms with Gasteiger partial charge in [0.15, 0.2) is 0 Å². The van der Waals surface area contributed by atoms with Crippen LogP contribution in [-0.2, 0) is 9.47 Å². The third-order valence-electron chi connectivity index (χ3n) is 5.68. The Labute approximate surface area is 149 Å². The lowest BCUT2D eigenvalue weighted by molar-refractivity contribution is 0.00796. The van der Waals surface area contributed by atoms with Gasteiger partial charge in [0.25, 0.3) is 0 Å². The molecule has 1 aromatic heterocycles. The Morgan fingerprint density at radius 3 is 3.08 bits per heavy atom. The number of nitrogens with one attached hydrogen (secondary N) is 1. The van der Waals surface area contributed by atoms with Crippen molar-refractivity contribution in [3.63, 3.8) is 0 Å². The van der Waals surface area contributed by atoms with Crippen LogP contribution >= 0.6 is 0 Å². The zero-order chi connectivity index (χ0) is 17.1. The highest BCUT2D eigenvalue weighted by Gasteiger charge is 2.45. The summed E-state index contributed by atoms with van der Waals surface area (Å²) < 4.78 is 11.7. The van der Waals surface area contributed by atoms with Gasteiger partial charge in [-0.2, -0.15) is 5.26 Å². The summed E-state index contributed by atoms with van der Waals surface area (Å²) in [5.41, 5.74) is 0.442. The largest absolute Gasteiger partial charge is 0.381 e. The van der Waals surface area contributed by atoms with E-state index in [0.717, 1.165) is 50.9 Å². The summed E-state index contributed by atoms with van der Waals surface area (Å²) in [6.07, 6.45) is 4.50. The third-order valence-corrected chi connectivity index (χ3v) is 5.68. The second-order valence-electron chi connectivity index (χ2n) is 7.60. The van der Waals surface area contributed by atoms with Gasteiger partial charge in [0.05, 0.1) is 18.2 Å². The first kappa shape index (κ1) is 16.8. The van der Waals surface area contributed by atoms with E-state index in [2.05, 4.69) is 21.3 Å². The van der Waals surface area contributed by atoms with Gasteiger partial charge in [-0.05, 0) is 37.3 Å². The number of rotatable bonds is 4. The van der Waals surface area contributed by atoms with Crippen molar-refractivity contribution in [3.05, 3.63) is 23.9 Å². The van der Waals surface area contributed by atoms with Crippen LogP contribution in [0, 0.1) is 17.2 Å². The summed E-state index contributed by atoms with van der Waals surface area (Å²) in [5, 5.41) is 12.4. The van der Waals surface area contributed by atoms with Gasteiger partial charge in [-0.3, -0.25) is 0 Å². The fourth-order valence-electron chi connectivity index (χ4n) is 4.39. The Morgan fingerprint density at radius 1 is 1.36 bits per heavy atom. The minimum Gasteiger partial charge on any atom is -0.381 e. The Morgan fingerprint density at radius 2 is 2.24 bits per heavy atom. The predicted octanol–water partition coefficient (Wildman–Crippen LogP) is 2.03. The van der Waals surface area contributed by atoms with Gasteiger partial charge in [0.1, 0.15) is 17.6 Å². The van der Waals surface area contributed by atoms with Gasteiger partial charge >= 0.3 is 0 Å². The van der Waals surface area contributed by atoms with E-state index < -0.39 is 0 Å². The minimum atomic E-state index is -0.00429. The van der Waals surface area contributed by atoms with E-state index in [-0.39, 0.29) is 11.6 Å². The molecular weight excluding hydrogens is 316 g/mol. The molecular formula is C19H26N4O2. The number of anilines is 1. The van der Waals surface area contributed by atoms with Crippen LogP contribution in [0.4, 0.5) is 5.82 Å². The molecule has 4 rings (SSSR count). The average Bonchev–Trinajstić information content (AvgIpc) is 3.22. The zero-order valence-electron chi connectivity index (χ0n) is 14.6.